The van der Waals surface area contributed by atoms with E-state index in [0.717, 1.165) is 0 Å². The number of alkyl halides is 2. The largest absolute Gasteiger partial charge is 0.307 e. The molecule has 0 amide bonds. The van der Waals surface area contributed by atoms with Crippen molar-refractivity contribution in [2.75, 3.05) is 0 Å². The van der Waals surface area contributed by atoms with Gasteiger partial charge in [0.05, 0.1) is 0 Å². The number of hydrogen-bond acceptors (Lipinski definition) is 1. The van der Waals surface area contributed by atoms with Crippen LogP contribution in [0.4, 0.5) is 8.78 Å². The highest BCUT2D eigenvalue weighted by atomic mass is 19.3. The molecule has 0 aliphatic rings. The molecule has 0 aromatic carbocycles. The molecule has 0 saturated carbocycles. The van der Waals surface area contributed by atoms with Gasteiger partial charge in [-0.2, -0.15) is 8.78 Å². The molecule has 0 saturated heterocycles. The topological polar surface area (TPSA) is 17.1 Å². The van der Waals surface area contributed by atoms with Gasteiger partial charge in [-0.15, -0.1) is 0 Å². The van der Waals surface area contributed by atoms with Gasteiger partial charge in [-0.05, 0) is 0 Å². The number of rotatable bonds is 1. The Morgan fingerprint density at radius 3 is 1.56 bits per heavy atom. The molecule has 0 bridgehead atoms. The van der Waals surface area contributed by atoms with Gasteiger partial charge in [-0.1, -0.05) is 20.8 Å². The van der Waals surface area contributed by atoms with E-state index < -0.39 is 11.3 Å². The summed E-state index contributed by atoms with van der Waals surface area (Å²) < 4.78 is 24.6. The first kappa shape index (κ1) is 8.53. The Morgan fingerprint density at radius 2 is 1.56 bits per heavy atom. The van der Waals surface area contributed by atoms with Gasteiger partial charge < -0.3 is 0 Å². The molecule has 0 unspecified atom stereocenters. The highest BCUT2D eigenvalue weighted by Gasteiger charge is 2.42. The number of carbonyl (C=O) groups excluding carboxylic acids is 1. The molecule has 0 heterocycles. The summed E-state index contributed by atoms with van der Waals surface area (Å²) in [6.07, 6.45) is -0.312. The summed E-state index contributed by atoms with van der Waals surface area (Å²) in [5.74, 6) is -3.20. The van der Waals surface area contributed by atoms with E-state index in [-0.39, 0.29) is 6.29 Å². The highest BCUT2D eigenvalue weighted by Crippen LogP contribution is 2.33. The fraction of sp³-hybridized carbons (Fsp3) is 0.833. The fourth-order valence-electron chi connectivity index (χ4n) is 0.177. The van der Waals surface area contributed by atoms with Gasteiger partial charge in [0, 0.05) is 5.41 Å². The standard InChI is InChI=1S/C6H10F2O/c1-5(2,3)6(7,8)4-9/h4H,1-3H3. The summed E-state index contributed by atoms with van der Waals surface area (Å²) >= 11 is 0. The SMILES string of the molecule is CC(C)(C)C(F)(F)C=O. The van der Waals surface area contributed by atoms with Crippen molar-refractivity contribution in [2.45, 2.75) is 26.7 Å². The third kappa shape index (κ3) is 1.73. The van der Waals surface area contributed by atoms with Crippen LogP contribution >= 0.6 is 0 Å². The highest BCUT2D eigenvalue weighted by molar-refractivity contribution is 5.60. The van der Waals surface area contributed by atoms with E-state index in [2.05, 4.69) is 0 Å². The van der Waals surface area contributed by atoms with Crippen molar-refractivity contribution in [3.05, 3.63) is 0 Å². The molecule has 0 aromatic heterocycles. The van der Waals surface area contributed by atoms with E-state index in [1.165, 1.54) is 20.8 Å². The lowest BCUT2D eigenvalue weighted by Gasteiger charge is -2.24. The van der Waals surface area contributed by atoms with Crippen molar-refractivity contribution in [1.82, 2.24) is 0 Å². The van der Waals surface area contributed by atoms with Gasteiger partial charge in [0.2, 0.25) is 0 Å². The lowest BCUT2D eigenvalue weighted by molar-refractivity contribution is -0.145. The second kappa shape index (κ2) is 2.05. The quantitative estimate of drug-likeness (QED) is 0.503. The second-order valence-electron chi connectivity index (χ2n) is 2.99. The number of hydrogen-bond donors (Lipinski definition) is 0. The fourth-order valence-corrected chi connectivity index (χ4v) is 0.177. The van der Waals surface area contributed by atoms with Crippen LogP contribution in [-0.4, -0.2) is 12.2 Å². The molecule has 0 N–H and O–H groups in total. The molecule has 0 atom stereocenters. The van der Waals surface area contributed by atoms with E-state index >= 15 is 0 Å². The molecule has 1 nitrogen and oxygen atoms in total. The van der Waals surface area contributed by atoms with Gasteiger partial charge in [0.1, 0.15) is 0 Å². The zero-order valence-corrected chi connectivity index (χ0v) is 5.74. The molecule has 54 valence electrons. The average molecular weight is 136 g/mol. The molecule has 0 aliphatic carbocycles. The van der Waals surface area contributed by atoms with Crippen molar-refractivity contribution >= 4 is 6.29 Å². The molecule has 0 fully saturated rings. The predicted molar refractivity (Wildman–Crippen MR) is 30.5 cm³/mol. The van der Waals surface area contributed by atoms with Crippen LogP contribution in [0.25, 0.3) is 0 Å². The molecule has 3 heteroatoms. The Balaban J connectivity index is 4.32. The monoisotopic (exact) mass is 136 g/mol. The second-order valence-corrected chi connectivity index (χ2v) is 2.99. The third-order valence-electron chi connectivity index (χ3n) is 1.15. The first-order valence-electron chi connectivity index (χ1n) is 2.65. The predicted octanol–water partition coefficient (Wildman–Crippen LogP) is 1.87. The smallest absolute Gasteiger partial charge is 0.297 e. The Hall–Kier alpha value is -0.470. The minimum atomic E-state index is -3.20. The van der Waals surface area contributed by atoms with Crippen molar-refractivity contribution in [2.24, 2.45) is 5.41 Å². The van der Waals surface area contributed by atoms with Crippen LogP contribution in [0.15, 0.2) is 0 Å². The number of carbonyl (C=O) groups is 1. The van der Waals surface area contributed by atoms with Gasteiger partial charge >= 0.3 is 5.92 Å². The molecular weight excluding hydrogens is 126 g/mol. The van der Waals surface area contributed by atoms with E-state index in [9.17, 15) is 13.6 Å². The Morgan fingerprint density at radius 1 is 1.22 bits per heavy atom. The van der Waals surface area contributed by atoms with Gasteiger partial charge in [0.15, 0.2) is 6.29 Å². The van der Waals surface area contributed by atoms with Crippen molar-refractivity contribution in [1.29, 1.82) is 0 Å². The van der Waals surface area contributed by atoms with Crippen LogP contribution in [0.1, 0.15) is 20.8 Å². The summed E-state index contributed by atoms with van der Waals surface area (Å²) in [5, 5.41) is 0. The summed E-state index contributed by atoms with van der Waals surface area (Å²) in [6.45, 7) is 3.96. The minimum absolute atomic E-state index is 0.312. The molecule has 9 heavy (non-hydrogen) atoms. The van der Waals surface area contributed by atoms with Crippen molar-refractivity contribution < 1.29 is 13.6 Å². The summed E-state index contributed by atoms with van der Waals surface area (Å²) in [7, 11) is 0. The zero-order valence-electron chi connectivity index (χ0n) is 5.74. The van der Waals surface area contributed by atoms with Crippen LogP contribution in [0.3, 0.4) is 0 Å². The van der Waals surface area contributed by atoms with Crippen LogP contribution < -0.4 is 0 Å². The Bertz CT molecular complexity index is 113. The molecule has 0 radical (unpaired) electrons. The van der Waals surface area contributed by atoms with Gasteiger partial charge in [-0.25, -0.2) is 0 Å². The molecule has 0 aromatic rings. The third-order valence-corrected chi connectivity index (χ3v) is 1.15. The molecule has 0 rings (SSSR count). The van der Waals surface area contributed by atoms with E-state index in [4.69, 9.17) is 0 Å². The first-order chi connectivity index (χ1) is 3.81. The minimum Gasteiger partial charge on any atom is -0.297 e. The summed E-state index contributed by atoms with van der Waals surface area (Å²) in [5.41, 5.74) is -1.26. The van der Waals surface area contributed by atoms with E-state index in [0.29, 0.717) is 0 Å². The summed E-state index contributed by atoms with van der Waals surface area (Å²) in [6, 6.07) is 0. The van der Waals surface area contributed by atoms with Crippen molar-refractivity contribution in [3.8, 4) is 0 Å². The number of aldehydes is 1. The normalized spacial score (nSPS) is 13.4. The Kier molecular flexibility index (Phi) is 1.94. The van der Waals surface area contributed by atoms with Crippen LogP contribution in [0.5, 0.6) is 0 Å². The van der Waals surface area contributed by atoms with E-state index in [1.54, 1.807) is 0 Å². The first-order valence-corrected chi connectivity index (χ1v) is 2.65. The van der Waals surface area contributed by atoms with Crippen molar-refractivity contribution in [3.63, 3.8) is 0 Å². The molecule has 0 aliphatic heterocycles. The number of halogens is 2. The van der Waals surface area contributed by atoms with E-state index in [1.807, 2.05) is 0 Å². The summed E-state index contributed by atoms with van der Waals surface area (Å²) in [4.78, 5) is 9.72. The maximum absolute atomic E-state index is 12.3. The van der Waals surface area contributed by atoms with Crippen LogP contribution in [0, 0.1) is 5.41 Å². The average Bonchev–Trinajstić information content (AvgIpc) is 1.64. The van der Waals surface area contributed by atoms with Crippen LogP contribution in [0.2, 0.25) is 0 Å². The lowest BCUT2D eigenvalue weighted by Crippen LogP contribution is -2.35. The lowest BCUT2D eigenvalue weighted by atomic mass is 9.89. The maximum atomic E-state index is 12.3. The van der Waals surface area contributed by atoms with Crippen LogP contribution in [-0.2, 0) is 4.79 Å². The molecule has 0 spiro atoms. The maximum Gasteiger partial charge on any atom is 0.307 e. The van der Waals surface area contributed by atoms with Gasteiger partial charge in [-0.3, -0.25) is 4.79 Å². The zero-order chi connectivity index (χ0) is 7.71. The Labute approximate surface area is 53.1 Å². The molecular formula is C6H10F2O. The van der Waals surface area contributed by atoms with Gasteiger partial charge in [0.25, 0.3) is 0 Å².